The van der Waals surface area contributed by atoms with Crippen LogP contribution in [0.15, 0.2) is 36.8 Å². The smallest absolute Gasteiger partial charge is 1.00 e. The summed E-state index contributed by atoms with van der Waals surface area (Å²) >= 11 is 0. The Morgan fingerprint density at radius 2 is 1.53 bits per heavy atom. The fourth-order valence-electron chi connectivity index (χ4n) is 0.601. The van der Waals surface area contributed by atoms with Gasteiger partial charge < -0.3 is 10.9 Å². The molecule has 78 valence electrons. The minimum atomic E-state index is -0.579. The molecule has 0 amide bonds. The summed E-state index contributed by atoms with van der Waals surface area (Å²) in [5.41, 5.74) is 0. The van der Waals surface area contributed by atoms with Gasteiger partial charge in [0.1, 0.15) is 0 Å². The van der Waals surface area contributed by atoms with E-state index in [1.165, 1.54) is 0 Å². The summed E-state index contributed by atoms with van der Waals surface area (Å²) < 4.78 is 8.83. The first-order valence-corrected chi connectivity index (χ1v) is 3.84. The summed E-state index contributed by atoms with van der Waals surface area (Å²) in [4.78, 5) is 19.8. The quantitative estimate of drug-likeness (QED) is 0.254. The molecule has 0 atom stereocenters. The van der Waals surface area contributed by atoms with Crippen LogP contribution in [0, 0.1) is 0 Å². The van der Waals surface area contributed by atoms with Crippen molar-refractivity contribution in [1.29, 1.82) is 0 Å². The Morgan fingerprint density at radius 3 is 1.60 bits per heavy atom. The van der Waals surface area contributed by atoms with Gasteiger partial charge in [-0.05, 0) is 13.8 Å². The van der Waals surface area contributed by atoms with Gasteiger partial charge in [0.2, 0.25) is 0 Å². The zero-order chi connectivity index (χ0) is 11.1. The van der Waals surface area contributed by atoms with E-state index < -0.39 is 11.9 Å². The number of hydrogen-bond acceptors (Lipinski definition) is 4. The number of rotatable bonds is 2. The molecule has 5 heteroatoms. The van der Waals surface area contributed by atoms with Crippen molar-refractivity contribution in [2.24, 2.45) is 0 Å². The third-order valence-electron chi connectivity index (χ3n) is 0.905. The first kappa shape index (κ1) is 16.6. The van der Waals surface area contributed by atoms with Gasteiger partial charge in [-0.15, -0.1) is 0 Å². The second-order valence-electron chi connectivity index (χ2n) is 2.58. The van der Waals surface area contributed by atoms with Crippen molar-refractivity contribution < 1.29 is 50.0 Å². The molecule has 1 aliphatic rings. The molecule has 0 radical (unpaired) electrons. The normalized spacial score (nSPS) is 11.9. The summed E-state index contributed by atoms with van der Waals surface area (Å²) in [5.74, 6) is 0.218. The van der Waals surface area contributed by atoms with E-state index in [1.807, 2.05) is 0 Å². The van der Waals surface area contributed by atoms with Crippen molar-refractivity contribution in [3.8, 4) is 0 Å². The van der Waals surface area contributed by atoms with Gasteiger partial charge in [-0.2, -0.15) is 0 Å². The Balaban J connectivity index is -0.000000188. The van der Waals surface area contributed by atoms with E-state index in [2.05, 4.69) is 17.9 Å². The van der Waals surface area contributed by atoms with Crippen LogP contribution in [0.3, 0.4) is 0 Å². The van der Waals surface area contributed by atoms with Crippen LogP contribution in [0.2, 0.25) is 0 Å². The van der Waals surface area contributed by atoms with Gasteiger partial charge in [-0.3, -0.25) is 0 Å². The van der Waals surface area contributed by atoms with E-state index in [0.29, 0.717) is 11.5 Å². The third-order valence-corrected chi connectivity index (χ3v) is 0.905. The maximum absolute atomic E-state index is 9.92. The van der Waals surface area contributed by atoms with Crippen molar-refractivity contribution in [3.63, 3.8) is 0 Å². The summed E-state index contributed by atoms with van der Waals surface area (Å²) in [5, 5.41) is 0. The van der Waals surface area contributed by atoms with E-state index in [4.69, 9.17) is 4.74 Å². The zero-order valence-corrected chi connectivity index (χ0v) is 11.2. The number of esters is 2. The van der Waals surface area contributed by atoms with Crippen LogP contribution in [0.25, 0.3) is 0 Å². The van der Waals surface area contributed by atoms with Crippen molar-refractivity contribution in [2.45, 2.75) is 13.8 Å². The summed E-state index contributed by atoms with van der Waals surface area (Å²) in [6.45, 7) is 10.6. The Bertz CT molecular complexity index is 282. The van der Waals surface area contributed by atoms with Crippen LogP contribution in [-0.4, -0.2) is 11.9 Å². The summed E-state index contributed by atoms with van der Waals surface area (Å²) in [6, 6.07) is 0. The minimum Gasteiger partial charge on any atom is -1.00 e. The fourth-order valence-corrected chi connectivity index (χ4v) is 0.601. The average Bonchev–Trinajstić information content (AvgIpc) is 2.32. The predicted octanol–water partition coefficient (Wildman–Crippen LogP) is -1.19. The van der Waals surface area contributed by atoms with Crippen LogP contribution in [0.4, 0.5) is 0 Å². The SMILES string of the molecule is C=C(C)OC(=C)C.O=C1C=CC(=O)O1.[H-].[Na+]. The molecule has 0 aliphatic carbocycles. The monoisotopic (exact) mass is 220 g/mol. The van der Waals surface area contributed by atoms with Crippen molar-refractivity contribution in [1.82, 2.24) is 0 Å². The molecule has 4 nitrogen and oxygen atoms in total. The Labute approximate surface area is 112 Å². The van der Waals surface area contributed by atoms with Crippen molar-refractivity contribution in [2.75, 3.05) is 0 Å². The number of cyclic esters (lactones) is 2. The average molecular weight is 220 g/mol. The summed E-state index contributed by atoms with van der Waals surface area (Å²) in [7, 11) is 0. The van der Waals surface area contributed by atoms with E-state index in [-0.39, 0.29) is 31.0 Å². The van der Waals surface area contributed by atoms with Crippen LogP contribution in [0.5, 0.6) is 0 Å². The van der Waals surface area contributed by atoms with Gasteiger partial charge >= 0.3 is 41.5 Å². The van der Waals surface area contributed by atoms with Crippen LogP contribution < -0.4 is 29.6 Å². The molecule has 0 fully saturated rings. The standard InChI is InChI=1S/C6H10O.C4H2O3.Na.H/c1-5(2)7-6(3)4;5-3-1-2-4(6)7-3;;/h1,3H2,2,4H3;1-2H;;/q;;+1;-1. The molecule has 0 aromatic carbocycles. The summed E-state index contributed by atoms with van der Waals surface area (Å²) in [6.07, 6.45) is 2.17. The molecule has 0 saturated carbocycles. The molecule has 0 aromatic heterocycles. The number of carbonyl (C=O) groups excluding carboxylic acids is 2. The second-order valence-corrected chi connectivity index (χ2v) is 2.58. The molecule has 0 unspecified atom stereocenters. The molecule has 0 N–H and O–H groups in total. The van der Waals surface area contributed by atoms with Crippen LogP contribution in [0.1, 0.15) is 15.3 Å². The van der Waals surface area contributed by atoms with Crippen molar-refractivity contribution >= 4 is 11.9 Å². The number of hydrogen-bond donors (Lipinski definition) is 0. The maximum atomic E-state index is 9.92. The molecule has 0 bridgehead atoms. The molecule has 0 saturated heterocycles. The van der Waals surface area contributed by atoms with Crippen LogP contribution >= 0.6 is 0 Å². The molecule has 0 aromatic rings. The third kappa shape index (κ3) is 11.1. The maximum Gasteiger partial charge on any atom is 1.00 e. The number of allylic oxidation sites excluding steroid dienone is 2. The first-order chi connectivity index (χ1) is 6.41. The molecule has 1 aliphatic heterocycles. The molecular weight excluding hydrogens is 207 g/mol. The largest absolute Gasteiger partial charge is 1.00 e. The molecule has 1 rings (SSSR count). The Morgan fingerprint density at radius 1 is 1.20 bits per heavy atom. The topological polar surface area (TPSA) is 52.6 Å². The van der Waals surface area contributed by atoms with Gasteiger partial charge in [0.25, 0.3) is 0 Å². The number of ether oxygens (including phenoxy) is 2. The predicted molar refractivity (Wildman–Crippen MR) is 52.1 cm³/mol. The van der Waals surface area contributed by atoms with Gasteiger partial charge in [0, 0.05) is 12.2 Å². The first-order valence-electron chi connectivity index (χ1n) is 3.84. The number of carbonyl (C=O) groups is 2. The van der Waals surface area contributed by atoms with Gasteiger partial charge in [-0.25, -0.2) is 9.59 Å². The molecule has 0 spiro atoms. The Hall–Kier alpha value is -0.840. The molecule has 1 heterocycles. The van der Waals surface area contributed by atoms with E-state index in [1.54, 1.807) is 13.8 Å². The second kappa shape index (κ2) is 8.47. The van der Waals surface area contributed by atoms with E-state index >= 15 is 0 Å². The molecular formula is C10H13NaO4. The zero-order valence-electron chi connectivity index (χ0n) is 10.2. The van der Waals surface area contributed by atoms with E-state index in [9.17, 15) is 9.59 Å². The van der Waals surface area contributed by atoms with Gasteiger partial charge in [-0.1, -0.05) is 13.2 Å². The van der Waals surface area contributed by atoms with E-state index in [0.717, 1.165) is 12.2 Å². The minimum absolute atomic E-state index is 0. The van der Waals surface area contributed by atoms with Crippen LogP contribution in [-0.2, 0) is 19.1 Å². The van der Waals surface area contributed by atoms with Gasteiger partial charge in [0.05, 0.1) is 11.5 Å². The van der Waals surface area contributed by atoms with Gasteiger partial charge in [0.15, 0.2) is 0 Å². The van der Waals surface area contributed by atoms with Crippen molar-refractivity contribution in [3.05, 3.63) is 36.8 Å². The molecule has 15 heavy (non-hydrogen) atoms. The Kier molecular flexibility index (Phi) is 9.36. The fraction of sp³-hybridized carbons (Fsp3) is 0.200.